The second-order valence-electron chi connectivity index (χ2n) is 5.07. The van der Waals surface area contributed by atoms with E-state index in [0.29, 0.717) is 17.0 Å². The molecule has 100 valence electrons. The first kappa shape index (κ1) is 12.2. The highest BCUT2D eigenvalue weighted by Crippen LogP contribution is 2.18. The monoisotopic (exact) mass is 259 g/mol. The third-order valence-electron chi connectivity index (χ3n) is 3.75. The summed E-state index contributed by atoms with van der Waals surface area (Å²) in [5.41, 5.74) is 0.983. The molecule has 3 rings (SSSR count). The van der Waals surface area contributed by atoms with Gasteiger partial charge in [0, 0.05) is 12.6 Å². The van der Waals surface area contributed by atoms with Crippen molar-refractivity contribution >= 4 is 11.5 Å². The summed E-state index contributed by atoms with van der Waals surface area (Å²) >= 11 is 0. The van der Waals surface area contributed by atoms with Crippen molar-refractivity contribution < 1.29 is 9.90 Å². The van der Waals surface area contributed by atoms with E-state index in [2.05, 4.69) is 10.3 Å². The Morgan fingerprint density at radius 2 is 2.47 bits per heavy atom. The number of carboxylic acids is 1. The molecular weight excluding hydrogens is 242 g/mol. The van der Waals surface area contributed by atoms with Gasteiger partial charge in [0.05, 0.1) is 17.3 Å². The molecule has 5 heteroatoms. The molecule has 1 atom stereocenters. The Morgan fingerprint density at radius 1 is 1.58 bits per heavy atom. The van der Waals surface area contributed by atoms with Crippen LogP contribution in [0.3, 0.4) is 0 Å². The molecule has 3 heterocycles. The topological polar surface area (TPSA) is 66.6 Å². The average Bonchev–Trinajstić information content (AvgIpc) is 2.83. The minimum atomic E-state index is -0.906. The summed E-state index contributed by atoms with van der Waals surface area (Å²) in [7, 11) is 0. The number of fused-ring (bicyclic) bond motifs is 1. The zero-order valence-corrected chi connectivity index (χ0v) is 10.7. The minimum Gasteiger partial charge on any atom is -0.478 e. The molecule has 0 radical (unpaired) electrons. The van der Waals surface area contributed by atoms with Crippen molar-refractivity contribution in [3.8, 4) is 0 Å². The molecule has 2 aromatic heterocycles. The molecule has 1 aliphatic heterocycles. The lowest BCUT2D eigenvalue weighted by Gasteiger charge is -2.22. The van der Waals surface area contributed by atoms with Gasteiger partial charge in [-0.25, -0.2) is 9.78 Å². The molecule has 1 saturated heterocycles. The van der Waals surface area contributed by atoms with Gasteiger partial charge in [-0.05, 0) is 44.0 Å². The minimum absolute atomic E-state index is 0.308. The number of piperidine rings is 1. The molecule has 0 saturated carbocycles. The fraction of sp³-hybridized carbons (Fsp3) is 0.429. The van der Waals surface area contributed by atoms with E-state index < -0.39 is 5.97 Å². The van der Waals surface area contributed by atoms with E-state index in [-0.39, 0.29) is 0 Å². The Kier molecular flexibility index (Phi) is 3.21. The molecule has 0 spiro atoms. The molecule has 0 aliphatic carbocycles. The summed E-state index contributed by atoms with van der Waals surface area (Å²) in [6.07, 6.45) is 6.86. The van der Waals surface area contributed by atoms with Crippen molar-refractivity contribution in [1.29, 1.82) is 0 Å². The van der Waals surface area contributed by atoms with Crippen molar-refractivity contribution in [2.24, 2.45) is 5.92 Å². The molecular formula is C14H17N3O2. The van der Waals surface area contributed by atoms with Gasteiger partial charge in [-0.15, -0.1) is 0 Å². The van der Waals surface area contributed by atoms with Crippen LogP contribution in [0.5, 0.6) is 0 Å². The third kappa shape index (κ3) is 2.33. The smallest absolute Gasteiger partial charge is 0.337 e. The van der Waals surface area contributed by atoms with Crippen molar-refractivity contribution in [2.75, 3.05) is 13.1 Å². The van der Waals surface area contributed by atoms with Gasteiger partial charge in [0.2, 0.25) is 0 Å². The van der Waals surface area contributed by atoms with Crippen molar-refractivity contribution in [3.05, 3.63) is 35.9 Å². The second-order valence-corrected chi connectivity index (χ2v) is 5.07. The molecule has 2 aromatic rings. The van der Waals surface area contributed by atoms with Gasteiger partial charge < -0.3 is 14.8 Å². The summed E-state index contributed by atoms with van der Waals surface area (Å²) < 4.78 is 1.90. The number of aromatic carboxylic acids is 1. The first-order valence-corrected chi connectivity index (χ1v) is 6.64. The summed E-state index contributed by atoms with van der Waals surface area (Å²) in [4.78, 5) is 15.6. The Bertz CT molecular complexity index is 600. The van der Waals surface area contributed by atoms with E-state index >= 15 is 0 Å². The zero-order valence-electron chi connectivity index (χ0n) is 10.7. The van der Waals surface area contributed by atoms with E-state index in [1.807, 2.05) is 10.6 Å². The Hall–Kier alpha value is -1.88. The van der Waals surface area contributed by atoms with Crippen LogP contribution in [0.1, 0.15) is 29.0 Å². The number of pyridine rings is 1. The standard InChI is InChI=1S/C14H17N3O2/c18-14(19)11-4-2-6-17-12(11)9-16-13(17)7-10-3-1-5-15-8-10/h2,4,6,9-10,15H,1,3,5,7-8H2,(H,18,19). The fourth-order valence-corrected chi connectivity index (χ4v) is 2.76. The predicted molar refractivity (Wildman–Crippen MR) is 71.4 cm³/mol. The van der Waals surface area contributed by atoms with E-state index in [0.717, 1.165) is 25.3 Å². The fourth-order valence-electron chi connectivity index (χ4n) is 2.76. The summed E-state index contributed by atoms with van der Waals surface area (Å²) in [5.74, 6) is 0.635. The number of carbonyl (C=O) groups is 1. The van der Waals surface area contributed by atoms with Crippen LogP contribution in [-0.4, -0.2) is 33.6 Å². The van der Waals surface area contributed by atoms with Crippen LogP contribution in [-0.2, 0) is 6.42 Å². The average molecular weight is 259 g/mol. The van der Waals surface area contributed by atoms with Crippen LogP contribution in [0.25, 0.3) is 5.52 Å². The van der Waals surface area contributed by atoms with Gasteiger partial charge in [-0.3, -0.25) is 0 Å². The van der Waals surface area contributed by atoms with Gasteiger partial charge in [-0.1, -0.05) is 0 Å². The molecule has 5 nitrogen and oxygen atoms in total. The molecule has 1 fully saturated rings. The summed E-state index contributed by atoms with van der Waals surface area (Å²) in [6, 6.07) is 3.38. The number of rotatable bonds is 3. The first-order valence-electron chi connectivity index (χ1n) is 6.64. The van der Waals surface area contributed by atoms with Gasteiger partial charge in [-0.2, -0.15) is 0 Å². The van der Waals surface area contributed by atoms with Crippen LogP contribution in [0.2, 0.25) is 0 Å². The normalized spacial score (nSPS) is 19.7. The third-order valence-corrected chi connectivity index (χ3v) is 3.75. The summed E-state index contributed by atoms with van der Waals surface area (Å²) in [6.45, 7) is 2.12. The molecule has 0 bridgehead atoms. The molecule has 1 aliphatic rings. The number of hydrogen-bond acceptors (Lipinski definition) is 3. The largest absolute Gasteiger partial charge is 0.478 e. The number of nitrogens with zero attached hydrogens (tertiary/aromatic N) is 2. The quantitative estimate of drug-likeness (QED) is 0.878. The number of hydrogen-bond donors (Lipinski definition) is 2. The maximum atomic E-state index is 11.2. The van der Waals surface area contributed by atoms with E-state index in [1.165, 1.54) is 12.8 Å². The zero-order chi connectivity index (χ0) is 13.2. The molecule has 19 heavy (non-hydrogen) atoms. The van der Waals surface area contributed by atoms with Crippen LogP contribution in [0.4, 0.5) is 0 Å². The van der Waals surface area contributed by atoms with Gasteiger partial charge in [0.15, 0.2) is 0 Å². The number of aromatic nitrogens is 2. The van der Waals surface area contributed by atoms with Crippen LogP contribution in [0.15, 0.2) is 24.5 Å². The summed E-state index contributed by atoms with van der Waals surface area (Å²) in [5, 5.41) is 12.6. The van der Waals surface area contributed by atoms with E-state index in [1.54, 1.807) is 18.3 Å². The van der Waals surface area contributed by atoms with Crippen LogP contribution >= 0.6 is 0 Å². The molecule has 2 N–H and O–H groups in total. The Morgan fingerprint density at radius 3 is 3.21 bits per heavy atom. The van der Waals surface area contributed by atoms with Gasteiger partial charge in [0.25, 0.3) is 0 Å². The number of imidazole rings is 1. The highest BCUT2D eigenvalue weighted by atomic mass is 16.4. The van der Waals surface area contributed by atoms with Crippen LogP contribution in [0, 0.1) is 5.92 Å². The van der Waals surface area contributed by atoms with E-state index in [4.69, 9.17) is 5.11 Å². The Balaban J connectivity index is 1.92. The maximum Gasteiger partial charge on any atom is 0.337 e. The SMILES string of the molecule is O=C(O)c1cccn2c(CC3CCCNC3)ncc12. The Labute approximate surface area is 111 Å². The first-order chi connectivity index (χ1) is 9.25. The second kappa shape index (κ2) is 5.01. The lowest BCUT2D eigenvalue weighted by atomic mass is 9.96. The molecule has 0 aromatic carbocycles. The van der Waals surface area contributed by atoms with Crippen molar-refractivity contribution in [1.82, 2.24) is 14.7 Å². The molecule has 0 amide bonds. The highest BCUT2D eigenvalue weighted by Gasteiger charge is 2.17. The van der Waals surface area contributed by atoms with Crippen molar-refractivity contribution in [2.45, 2.75) is 19.3 Å². The molecule has 1 unspecified atom stereocenters. The van der Waals surface area contributed by atoms with Gasteiger partial charge >= 0.3 is 5.97 Å². The number of nitrogens with one attached hydrogen (secondary N) is 1. The van der Waals surface area contributed by atoms with Crippen LogP contribution < -0.4 is 5.32 Å². The lowest BCUT2D eigenvalue weighted by Crippen LogP contribution is -2.31. The highest BCUT2D eigenvalue weighted by molar-refractivity contribution is 5.95. The van der Waals surface area contributed by atoms with E-state index in [9.17, 15) is 4.79 Å². The van der Waals surface area contributed by atoms with Gasteiger partial charge in [0.1, 0.15) is 5.82 Å². The number of carboxylic acid groups (broad SMARTS) is 1. The lowest BCUT2D eigenvalue weighted by molar-refractivity contribution is 0.0698. The maximum absolute atomic E-state index is 11.2. The van der Waals surface area contributed by atoms with Crippen molar-refractivity contribution in [3.63, 3.8) is 0 Å². The predicted octanol–water partition coefficient (Wildman–Crippen LogP) is 1.57.